The predicted molar refractivity (Wildman–Crippen MR) is 93.2 cm³/mol. The molecule has 2 rings (SSSR count). The highest BCUT2D eigenvalue weighted by Crippen LogP contribution is 2.20. The maximum atomic E-state index is 8.53. The van der Waals surface area contributed by atoms with Crippen LogP contribution in [0.15, 0.2) is 29.4 Å². The van der Waals surface area contributed by atoms with Crippen molar-refractivity contribution in [1.29, 1.82) is 0 Å². The topological polar surface area (TPSA) is 105 Å². The summed E-state index contributed by atoms with van der Waals surface area (Å²) in [4.78, 5) is 12.9. The SMILES string of the molecule is CC(C)Nc1nc(NC(C)C)nc(Oc2ccc(/C=N/O)cc2)n1. The lowest BCUT2D eigenvalue weighted by molar-refractivity contribution is 0.322. The van der Waals surface area contributed by atoms with Gasteiger partial charge >= 0.3 is 6.01 Å². The summed E-state index contributed by atoms with van der Waals surface area (Å²) in [5.74, 6) is 1.46. The van der Waals surface area contributed by atoms with E-state index in [9.17, 15) is 0 Å². The van der Waals surface area contributed by atoms with E-state index in [0.29, 0.717) is 17.6 Å². The molecule has 0 bridgehead atoms. The number of hydrogen-bond acceptors (Lipinski definition) is 8. The van der Waals surface area contributed by atoms with Gasteiger partial charge in [0.25, 0.3) is 0 Å². The number of aromatic nitrogens is 3. The molecule has 2 aromatic rings. The third-order valence-electron chi connectivity index (χ3n) is 2.75. The zero-order valence-electron chi connectivity index (χ0n) is 14.2. The van der Waals surface area contributed by atoms with E-state index in [1.807, 2.05) is 27.7 Å². The predicted octanol–water partition coefficient (Wildman–Crippen LogP) is 3.11. The van der Waals surface area contributed by atoms with Gasteiger partial charge in [-0.05, 0) is 57.5 Å². The van der Waals surface area contributed by atoms with Crippen LogP contribution in [-0.2, 0) is 0 Å². The molecule has 0 aliphatic carbocycles. The van der Waals surface area contributed by atoms with Crippen LogP contribution in [-0.4, -0.2) is 38.5 Å². The van der Waals surface area contributed by atoms with Gasteiger partial charge < -0.3 is 20.6 Å². The van der Waals surface area contributed by atoms with Gasteiger partial charge in [0.2, 0.25) is 11.9 Å². The van der Waals surface area contributed by atoms with Gasteiger partial charge in [-0.2, -0.15) is 15.0 Å². The van der Waals surface area contributed by atoms with E-state index in [4.69, 9.17) is 9.94 Å². The van der Waals surface area contributed by atoms with Gasteiger partial charge in [-0.15, -0.1) is 0 Å². The van der Waals surface area contributed by atoms with Crippen LogP contribution >= 0.6 is 0 Å². The fourth-order valence-electron chi connectivity index (χ4n) is 1.84. The Morgan fingerprint density at radius 2 is 1.50 bits per heavy atom. The monoisotopic (exact) mass is 330 g/mol. The summed E-state index contributed by atoms with van der Waals surface area (Å²) >= 11 is 0. The highest BCUT2D eigenvalue weighted by atomic mass is 16.5. The zero-order chi connectivity index (χ0) is 17.5. The first kappa shape index (κ1) is 17.5. The lowest BCUT2D eigenvalue weighted by Crippen LogP contribution is -2.17. The normalized spacial score (nSPS) is 11.2. The standard InChI is InChI=1S/C16H22N6O2/c1-10(2)18-14-20-15(19-11(3)4)22-16(21-14)24-13-7-5-12(6-8-13)9-17-23/h5-11,23H,1-4H3,(H2,18,19,20,21,22)/b17-9+. The molecule has 0 radical (unpaired) electrons. The Balaban J connectivity index is 2.23. The van der Waals surface area contributed by atoms with Gasteiger partial charge in [0.15, 0.2) is 0 Å². The molecule has 24 heavy (non-hydrogen) atoms. The molecule has 0 aliphatic heterocycles. The average Bonchev–Trinajstić information content (AvgIpc) is 2.48. The number of nitrogens with zero attached hydrogens (tertiary/aromatic N) is 4. The molecule has 1 aromatic heterocycles. The molecule has 0 amide bonds. The summed E-state index contributed by atoms with van der Waals surface area (Å²) < 4.78 is 5.71. The molecule has 128 valence electrons. The van der Waals surface area contributed by atoms with Crippen LogP contribution in [0.5, 0.6) is 11.8 Å². The van der Waals surface area contributed by atoms with Crippen LogP contribution < -0.4 is 15.4 Å². The molecule has 0 saturated heterocycles. The van der Waals surface area contributed by atoms with E-state index >= 15 is 0 Å². The maximum absolute atomic E-state index is 8.53. The van der Waals surface area contributed by atoms with Gasteiger partial charge in [-0.3, -0.25) is 0 Å². The van der Waals surface area contributed by atoms with Crippen molar-refractivity contribution in [3.8, 4) is 11.8 Å². The molecule has 1 aromatic carbocycles. The molecule has 0 fully saturated rings. The van der Waals surface area contributed by atoms with E-state index in [1.54, 1.807) is 24.3 Å². The minimum atomic E-state index is 0.184. The number of hydrogen-bond donors (Lipinski definition) is 3. The molecule has 0 spiro atoms. The number of anilines is 2. The van der Waals surface area contributed by atoms with Crippen LogP contribution in [0.25, 0.3) is 0 Å². The van der Waals surface area contributed by atoms with Gasteiger partial charge in [0.1, 0.15) is 5.75 Å². The van der Waals surface area contributed by atoms with Crippen molar-refractivity contribution in [3.63, 3.8) is 0 Å². The molecule has 0 aliphatic rings. The molecule has 3 N–H and O–H groups in total. The van der Waals surface area contributed by atoms with Gasteiger partial charge in [0.05, 0.1) is 6.21 Å². The highest BCUT2D eigenvalue weighted by molar-refractivity contribution is 5.79. The van der Waals surface area contributed by atoms with E-state index in [-0.39, 0.29) is 18.1 Å². The number of ether oxygens (including phenoxy) is 1. The van der Waals surface area contributed by atoms with Gasteiger partial charge in [-0.25, -0.2) is 0 Å². The first-order chi connectivity index (χ1) is 11.5. The summed E-state index contributed by atoms with van der Waals surface area (Å²) in [6.45, 7) is 8.01. The fourth-order valence-corrected chi connectivity index (χ4v) is 1.84. The lowest BCUT2D eigenvalue weighted by Gasteiger charge is -2.13. The smallest absolute Gasteiger partial charge is 0.328 e. The van der Waals surface area contributed by atoms with Gasteiger partial charge in [-0.1, -0.05) is 5.16 Å². The molecule has 0 saturated carbocycles. The molecule has 0 atom stereocenters. The largest absolute Gasteiger partial charge is 0.424 e. The van der Waals surface area contributed by atoms with Crippen molar-refractivity contribution in [3.05, 3.63) is 29.8 Å². The maximum Gasteiger partial charge on any atom is 0.328 e. The first-order valence-electron chi connectivity index (χ1n) is 7.70. The van der Waals surface area contributed by atoms with E-state index < -0.39 is 0 Å². The molecule has 8 nitrogen and oxygen atoms in total. The van der Waals surface area contributed by atoms with Crippen molar-refractivity contribution >= 4 is 18.1 Å². The summed E-state index contributed by atoms with van der Waals surface area (Å²) in [5, 5.41) is 17.8. The quantitative estimate of drug-likeness (QED) is 0.407. The summed E-state index contributed by atoms with van der Waals surface area (Å²) in [6.07, 6.45) is 1.34. The number of nitrogens with one attached hydrogen (secondary N) is 2. The Morgan fingerprint density at radius 3 is 1.96 bits per heavy atom. The van der Waals surface area contributed by atoms with Crippen LogP contribution in [0.4, 0.5) is 11.9 Å². The number of oxime groups is 1. The second kappa shape index (κ2) is 8.09. The zero-order valence-corrected chi connectivity index (χ0v) is 14.2. The third-order valence-corrected chi connectivity index (χ3v) is 2.75. The fraction of sp³-hybridized carbons (Fsp3) is 0.375. The highest BCUT2D eigenvalue weighted by Gasteiger charge is 2.10. The third kappa shape index (κ3) is 5.38. The molecule has 0 unspecified atom stereocenters. The summed E-state index contributed by atoms with van der Waals surface area (Å²) in [6, 6.07) is 7.57. The molecular formula is C16H22N6O2. The molecule has 1 heterocycles. The average molecular weight is 330 g/mol. The van der Waals surface area contributed by atoms with Crippen molar-refractivity contribution < 1.29 is 9.94 Å². The van der Waals surface area contributed by atoms with Crippen molar-refractivity contribution in [2.45, 2.75) is 39.8 Å². The van der Waals surface area contributed by atoms with Crippen LogP contribution in [0.3, 0.4) is 0 Å². The Morgan fingerprint density at radius 1 is 0.958 bits per heavy atom. The molecular weight excluding hydrogens is 308 g/mol. The Labute approximate surface area is 141 Å². The minimum absolute atomic E-state index is 0.184. The van der Waals surface area contributed by atoms with E-state index in [1.165, 1.54) is 6.21 Å². The second-order valence-corrected chi connectivity index (χ2v) is 5.78. The van der Waals surface area contributed by atoms with E-state index in [0.717, 1.165) is 5.56 Å². The van der Waals surface area contributed by atoms with Crippen LogP contribution in [0.1, 0.15) is 33.3 Å². The number of rotatable bonds is 7. The lowest BCUT2D eigenvalue weighted by atomic mass is 10.2. The first-order valence-corrected chi connectivity index (χ1v) is 7.70. The summed E-state index contributed by atoms with van der Waals surface area (Å²) in [5.41, 5.74) is 0.754. The Bertz CT molecular complexity index is 657. The van der Waals surface area contributed by atoms with E-state index in [2.05, 4.69) is 30.7 Å². The Hall–Kier alpha value is -2.90. The van der Waals surface area contributed by atoms with Crippen molar-refractivity contribution in [2.24, 2.45) is 5.16 Å². The Kier molecular flexibility index (Phi) is 5.89. The summed E-state index contributed by atoms with van der Waals surface area (Å²) in [7, 11) is 0. The van der Waals surface area contributed by atoms with Crippen LogP contribution in [0.2, 0.25) is 0 Å². The van der Waals surface area contributed by atoms with Crippen LogP contribution in [0, 0.1) is 0 Å². The minimum Gasteiger partial charge on any atom is -0.424 e. The van der Waals surface area contributed by atoms with Crippen molar-refractivity contribution in [1.82, 2.24) is 15.0 Å². The molecule has 8 heteroatoms. The van der Waals surface area contributed by atoms with Gasteiger partial charge in [0, 0.05) is 12.1 Å². The van der Waals surface area contributed by atoms with Crippen molar-refractivity contribution in [2.75, 3.05) is 10.6 Å². The second-order valence-electron chi connectivity index (χ2n) is 5.78. The number of benzene rings is 1.